The number of hydrogen-bond acceptors (Lipinski definition) is 3. The van der Waals surface area contributed by atoms with Gasteiger partial charge >= 0.3 is 0 Å². The van der Waals surface area contributed by atoms with Crippen LogP contribution in [-0.4, -0.2) is 56.1 Å². The first kappa shape index (κ1) is 15.9. The van der Waals surface area contributed by atoms with E-state index >= 15 is 0 Å². The van der Waals surface area contributed by atoms with Crippen molar-refractivity contribution in [3.8, 4) is 0 Å². The van der Waals surface area contributed by atoms with Gasteiger partial charge in [0, 0.05) is 32.7 Å². The summed E-state index contributed by atoms with van der Waals surface area (Å²) in [6, 6.07) is 6.39. The van der Waals surface area contributed by atoms with E-state index in [0.717, 1.165) is 31.7 Å². The zero-order chi connectivity index (χ0) is 15.2. The van der Waals surface area contributed by atoms with Crippen molar-refractivity contribution < 1.29 is 13.9 Å². The Morgan fingerprint density at radius 2 is 2.14 bits per heavy atom. The molecular formula is C16H23FN2O2. The first-order valence-corrected chi connectivity index (χ1v) is 7.28. The van der Waals surface area contributed by atoms with Crippen LogP contribution in [0.4, 0.5) is 4.39 Å². The fourth-order valence-electron chi connectivity index (χ4n) is 2.72. The lowest BCUT2D eigenvalue weighted by Crippen LogP contribution is -2.37. The highest BCUT2D eigenvalue weighted by Gasteiger charge is 2.26. The van der Waals surface area contributed by atoms with Gasteiger partial charge in [0.25, 0.3) is 0 Å². The lowest BCUT2D eigenvalue weighted by atomic mass is 10.1. The Hall–Kier alpha value is -1.46. The van der Waals surface area contributed by atoms with Crippen molar-refractivity contribution in [3.05, 3.63) is 35.6 Å². The highest BCUT2D eigenvalue weighted by Crippen LogP contribution is 2.16. The van der Waals surface area contributed by atoms with E-state index < -0.39 is 0 Å². The quantitative estimate of drug-likeness (QED) is 0.801. The second kappa shape index (κ2) is 7.52. The molecule has 1 aromatic rings. The van der Waals surface area contributed by atoms with Crippen molar-refractivity contribution in [3.63, 3.8) is 0 Å². The number of benzene rings is 1. The Balaban J connectivity index is 1.78. The summed E-state index contributed by atoms with van der Waals surface area (Å²) in [6.45, 7) is 3.35. The largest absolute Gasteiger partial charge is 0.384 e. The van der Waals surface area contributed by atoms with Gasteiger partial charge in [-0.25, -0.2) is 4.39 Å². The van der Waals surface area contributed by atoms with Crippen molar-refractivity contribution >= 4 is 5.91 Å². The Bertz CT molecular complexity index is 464. The molecule has 2 rings (SSSR count). The van der Waals surface area contributed by atoms with Crippen LogP contribution in [0.2, 0.25) is 0 Å². The molecule has 1 atom stereocenters. The van der Waals surface area contributed by atoms with Gasteiger partial charge in [-0.2, -0.15) is 0 Å². The summed E-state index contributed by atoms with van der Waals surface area (Å²) in [5.41, 5.74) is 1.00. The summed E-state index contributed by atoms with van der Waals surface area (Å²) in [7, 11) is 3.60. The Labute approximate surface area is 125 Å². The molecule has 1 aliphatic rings. The van der Waals surface area contributed by atoms with E-state index in [9.17, 15) is 9.18 Å². The molecule has 1 aliphatic heterocycles. The Morgan fingerprint density at radius 1 is 1.43 bits per heavy atom. The van der Waals surface area contributed by atoms with Crippen molar-refractivity contribution in [1.29, 1.82) is 0 Å². The van der Waals surface area contributed by atoms with E-state index in [4.69, 9.17) is 4.74 Å². The van der Waals surface area contributed by atoms with Gasteiger partial charge in [0.1, 0.15) is 5.82 Å². The number of ether oxygens (including phenoxy) is 1. The SMILES string of the molecule is COC[C@@H]1CCN(C(=O)CN(C)Cc2ccc(F)cc2)C1. The molecule has 0 aromatic heterocycles. The van der Waals surface area contributed by atoms with Crippen LogP contribution in [0.15, 0.2) is 24.3 Å². The molecule has 0 aliphatic carbocycles. The second-order valence-corrected chi connectivity index (χ2v) is 5.75. The van der Waals surface area contributed by atoms with E-state index in [-0.39, 0.29) is 11.7 Å². The molecule has 0 bridgehead atoms. The normalized spacial score (nSPS) is 18.5. The van der Waals surface area contributed by atoms with Crippen molar-refractivity contribution in [2.75, 3.05) is 40.4 Å². The molecule has 4 nitrogen and oxygen atoms in total. The molecule has 0 saturated carbocycles. The second-order valence-electron chi connectivity index (χ2n) is 5.75. The van der Waals surface area contributed by atoms with Crippen LogP contribution in [0.5, 0.6) is 0 Å². The first-order chi connectivity index (χ1) is 10.1. The number of hydrogen-bond donors (Lipinski definition) is 0. The summed E-state index contributed by atoms with van der Waals surface area (Å²) in [5, 5.41) is 0. The van der Waals surface area contributed by atoms with Crippen molar-refractivity contribution in [2.24, 2.45) is 5.92 Å². The molecule has 1 amide bonds. The van der Waals surface area contributed by atoms with Crippen LogP contribution in [0.3, 0.4) is 0 Å². The zero-order valence-electron chi connectivity index (χ0n) is 12.7. The van der Waals surface area contributed by atoms with E-state index in [1.54, 1.807) is 19.2 Å². The van der Waals surface area contributed by atoms with Crippen molar-refractivity contribution in [2.45, 2.75) is 13.0 Å². The topological polar surface area (TPSA) is 32.8 Å². The predicted molar refractivity (Wildman–Crippen MR) is 79.3 cm³/mol. The average Bonchev–Trinajstić information content (AvgIpc) is 2.90. The zero-order valence-corrected chi connectivity index (χ0v) is 12.7. The Kier molecular flexibility index (Phi) is 5.70. The smallest absolute Gasteiger partial charge is 0.236 e. The number of rotatable bonds is 6. The fourth-order valence-corrected chi connectivity index (χ4v) is 2.72. The van der Waals surface area contributed by atoms with E-state index in [0.29, 0.717) is 19.0 Å². The summed E-state index contributed by atoms with van der Waals surface area (Å²) >= 11 is 0. The number of carbonyl (C=O) groups is 1. The first-order valence-electron chi connectivity index (χ1n) is 7.28. The molecule has 0 spiro atoms. The van der Waals surface area contributed by atoms with Gasteiger partial charge < -0.3 is 9.64 Å². The fraction of sp³-hybridized carbons (Fsp3) is 0.562. The molecule has 1 aromatic carbocycles. The number of amides is 1. The van der Waals surface area contributed by atoms with Gasteiger partial charge in [-0.15, -0.1) is 0 Å². The molecule has 21 heavy (non-hydrogen) atoms. The standard InChI is InChI=1S/C16H23FN2O2/c1-18(9-13-3-5-15(17)6-4-13)11-16(20)19-8-7-14(10-19)12-21-2/h3-6,14H,7-12H2,1-2H3/t14-/m1/s1. The summed E-state index contributed by atoms with van der Waals surface area (Å²) < 4.78 is 18.0. The van der Waals surface area contributed by atoms with Gasteiger partial charge in [0.15, 0.2) is 0 Å². The van der Waals surface area contributed by atoms with Crippen LogP contribution in [0, 0.1) is 11.7 Å². The number of carbonyl (C=O) groups excluding carboxylic acids is 1. The molecule has 0 radical (unpaired) electrons. The maximum atomic E-state index is 12.9. The van der Waals surface area contributed by atoms with Crippen LogP contribution in [0.25, 0.3) is 0 Å². The third-order valence-electron chi connectivity index (χ3n) is 3.81. The number of halogens is 1. The lowest BCUT2D eigenvalue weighted by Gasteiger charge is -2.21. The number of likely N-dealkylation sites (tertiary alicyclic amines) is 1. The molecule has 116 valence electrons. The average molecular weight is 294 g/mol. The summed E-state index contributed by atoms with van der Waals surface area (Å²) in [5.74, 6) is 0.373. The molecule has 1 fully saturated rings. The molecule has 0 N–H and O–H groups in total. The number of nitrogens with zero attached hydrogens (tertiary/aromatic N) is 2. The third-order valence-corrected chi connectivity index (χ3v) is 3.81. The maximum Gasteiger partial charge on any atom is 0.236 e. The predicted octanol–water partition coefficient (Wildman–Crippen LogP) is 1.75. The van der Waals surface area contributed by atoms with Crippen LogP contribution in [0.1, 0.15) is 12.0 Å². The number of methoxy groups -OCH3 is 1. The molecule has 5 heteroatoms. The highest BCUT2D eigenvalue weighted by atomic mass is 19.1. The molecule has 1 heterocycles. The minimum absolute atomic E-state index is 0.151. The molecule has 1 saturated heterocycles. The minimum atomic E-state index is -0.237. The van der Waals surface area contributed by atoms with Crippen molar-refractivity contribution in [1.82, 2.24) is 9.80 Å². The van der Waals surface area contributed by atoms with Gasteiger partial charge in [0.05, 0.1) is 13.2 Å². The summed E-state index contributed by atoms with van der Waals surface area (Å²) in [4.78, 5) is 16.1. The molecule has 0 unspecified atom stereocenters. The van der Waals surface area contributed by atoms with E-state index in [1.807, 2.05) is 16.8 Å². The minimum Gasteiger partial charge on any atom is -0.384 e. The van der Waals surface area contributed by atoms with Gasteiger partial charge in [-0.1, -0.05) is 12.1 Å². The third kappa shape index (κ3) is 4.79. The van der Waals surface area contributed by atoms with E-state index in [2.05, 4.69) is 0 Å². The van der Waals surface area contributed by atoms with Crippen LogP contribution < -0.4 is 0 Å². The highest BCUT2D eigenvalue weighted by molar-refractivity contribution is 5.78. The van der Waals surface area contributed by atoms with Crippen LogP contribution >= 0.6 is 0 Å². The van der Waals surface area contributed by atoms with E-state index in [1.165, 1.54) is 12.1 Å². The molecular weight excluding hydrogens is 271 g/mol. The Morgan fingerprint density at radius 3 is 2.81 bits per heavy atom. The van der Waals surface area contributed by atoms with Gasteiger partial charge in [-0.3, -0.25) is 9.69 Å². The number of likely N-dealkylation sites (N-methyl/N-ethyl adjacent to an activating group) is 1. The lowest BCUT2D eigenvalue weighted by molar-refractivity contribution is -0.131. The van der Waals surface area contributed by atoms with Gasteiger partial charge in [0.2, 0.25) is 5.91 Å². The van der Waals surface area contributed by atoms with Gasteiger partial charge in [-0.05, 0) is 31.2 Å². The summed E-state index contributed by atoms with van der Waals surface area (Å²) in [6.07, 6.45) is 1.02. The van der Waals surface area contributed by atoms with Crippen LogP contribution in [-0.2, 0) is 16.1 Å². The maximum absolute atomic E-state index is 12.9. The monoisotopic (exact) mass is 294 g/mol.